The number of halogens is 1. The second-order valence-electron chi connectivity index (χ2n) is 7.97. The second kappa shape index (κ2) is 8.64. The third-order valence-electron chi connectivity index (χ3n) is 5.52. The van der Waals surface area contributed by atoms with E-state index in [1.54, 1.807) is 12.3 Å². The van der Waals surface area contributed by atoms with Crippen molar-refractivity contribution < 1.29 is 8.42 Å². The monoisotopic (exact) mass is 581 g/mol. The van der Waals surface area contributed by atoms with Crippen molar-refractivity contribution in [2.45, 2.75) is 32.9 Å². The van der Waals surface area contributed by atoms with E-state index in [1.807, 2.05) is 37.3 Å². The number of aromatic amines is 1. The molecule has 3 aromatic rings. The average Bonchev–Trinajstić information content (AvgIpc) is 3.18. The smallest absolute Gasteiger partial charge is 0.229 e. The summed E-state index contributed by atoms with van der Waals surface area (Å²) in [4.78, 5) is 10.2. The Morgan fingerprint density at radius 2 is 1.91 bits per heavy atom. The SMILES string of the molecule is Cc1cc(N2C(=S)NC(c3ccccn3)C2c2c(C)[nH]c(C)c2I)ccc1NS(C)(=O)=O. The van der Waals surface area contributed by atoms with Crippen molar-refractivity contribution in [1.82, 2.24) is 15.3 Å². The maximum atomic E-state index is 11.7. The molecule has 1 aliphatic rings. The molecule has 1 aromatic carbocycles. The molecular formula is C22H24IN5O2S2. The number of nitrogens with zero attached hydrogens (tertiary/aromatic N) is 2. The van der Waals surface area contributed by atoms with Gasteiger partial charge in [0.15, 0.2) is 5.11 Å². The molecule has 1 aliphatic heterocycles. The van der Waals surface area contributed by atoms with E-state index in [0.717, 1.165) is 38.2 Å². The van der Waals surface area contributed by atoms with Gasteiger partial charge >= 0.3 is 0 Å². The molecule has 0 bridgehead atoms. The van der Waals surface area contributed by atoms with Gasteiger partial charge in [0.05, 0.1) is 29.7 Å². The zero-order valence-corrected chi connectivity index (χ0v) is 21.9. The van der Waals surface area contributed by atoms with Crippen molar-refractivity contribution in [3.05, 3.63) is 74.4 Å². The van der Waals surface area contributed by atoms with Gasteiger partial charge in [-0.15, -0.1) is 0 Å². The van der Waals surface area contributed by atoms with Gasteiger partial charge in [0.1, 0.15) is 0 Å². The summed E-state index contributed by atoms with van der Waals surface area (Å²) in [6.45, 7) is 6.02. The highest BCUT2D eigenvalue weighted by Crippen LogP contribution is 2.45. The summed E-state index contributed by atoms with van der Waals surface area (Å²) in [6.07, 6.45) is 2.93. The molecule has 2 unspecified atom stereocenters. The molecule has 1 saturated heterocycles. The van der Waals surface area contributed by atoms with Gasteiger partial charge in [0, 0.05) is 32.4 Å². The first-order chi connectivity index (χ1) is 15.1. The minimum absolute atomic E-state index is 0.123. The van der Waals surface area contributed by atoms with Crippen LogP contribution in [0, 0.1) is 24.3 Å². The number of hydrogen-bond donors (Lipinski definition) is 3. The van der Waals surface area contributed by atoms with E-state index in [0.29, 0.717) is 10.8 Å². The highest BCUT2D eigenvalue weighted by molar-refractivity contribution is 14.1. The van der Waals surface area contributed by atoms with Gasteiger partial charge in [-0.1, -0.05) is 6.07 Å². The number of nitrogens with one attached hydrogen (secondary N) is 3. The van der Waals surface area contributed by atoms with Crippen LogP contribution >= 0.6 is 34.8 Å². The van der Waals surface area contributed by atoms with E-state index in [9.17, 15) is 8.42 Å². The van der Waals surface area contributed by atoms with E-state index in [-0.39, 0.29) is 12.1 Å². The Kier molecular flexibility index (Phi) is 6.21. The number of benzene rings is 1. The Labute approximate surface area is 207 Å². The number of hydrogen-bond acceptors (Lipinski definition) is 4. The van der Waals surface area contributed by atoms with Crippen LogP contribution in [0.3, 0.4) is 0 Å². The van der Waals surface area contributed by atoms with Gasteiger partial charge in [-0.05, 0) is 91.5 Å². The largest absolute Gasteiger partial charge is 0.362 e. The lowest BCUT2D eigenvalue weighted by Gasteiger charge is -2.29. The molecule has 32 heavy (non-hydrogen) atoms. The summed E-state index contributed by atoms with van der Waals surface area (Å²) in [7, 11) is -3.36. The van der Waals surface area contributed by atoms with Crippen molar-refractivity contribution in [2.24, 2.45) is 0 Å². The number of aromatic nitrogens is 2. The fourth-order valence-electron chi connectivity index (χ4n) is 4.16. The molecule has 0 spiro atoms. The number of rotatable bonds is 5. The van der Waals surface area contributed by atoms with Crippen molar-refractivity contribution >= 4 is 61.3 Å². The van der Waals surface area contributed by atoms with E-state index in [1.165, 1.54) is 5.56 Å². The Morgan fingerprint density at radius 1 is 1.16 bits per heavy atom. The van der Waals surface area contributed by atoms with Crippen molar-refractivity contribution in [2.75, 3.05) is 15.9 Å². The lowest BCUT2D eigenvalue weighted by Crippen LogP contribution is -2.30. The fourth-order valence-corrected chi connectivity index (χ4v) is 5.99. The molecule has 0 radical (unpaired) electrons. The molecular weight excluding hydrogens is 557 g/mol. The molecule has 3 heterocycles. The highest BCUT2D eigenvalue weighted by Gasteiger charge is 2.43. The quantitative estimate of drug-likeness (QED) is 0.304. The van der Waals surface area contributed by atoms with Gasteiger partial charge in [-0.2, -0.15) is 0 Å². The van der Waals surface area contributed by atoms with E-state index < -0.39 is 10.0 Å². The van der Waals surface area contributed by atoms with E-state index in [2.05, 4.69) is 61.3 Å². The molecule has 4 rings (SSSR count). The van der Waals surface area contributed by atoms with Crippen molar-refractivity contribution in [3.63, 3.8) is 0 Å². The normalized spacial score (nSPS) is 18.7. The first-order valence-electron chi connectivity index (χ1n) is 10.0. The number of pyridine rings is 1. The van der Waals surface area contributed by atoms with Crippen LogP contribution in [-0.4, -0.2) is 29.8 Å². The molecule has 10 heteroatoms. The van der Waals surface area contributed by atoms with Crippen LogP contribution in [0.25, 0.3) is 0 Å². The molecule has 3 N–H and O–H groups in total. The Morgan fingerprint density at radius 3 is 2.47 bits per heavy atom. The van der Waals surface area contributed by atoms with E-state index >= 15 is 0 Å². The molecule has 0 saturated carbocycles. The summed E-state index contributed by atoms with van der Waals surface area (Å²) in [5.74, 6) is 0. The zero-order valence-electron chi connectivity index (χ0n) is 18.1. The van der Waals surface area contributed by atoms with Gasteiger partial charge in [0.2, 0.25) is 10.0 Å². The summed E-state index contributed by atoms with van der Waals surface area (Å²) in [5.41, 5.74) is 6.52. The average molecular weight is 582 g/mol. The van der Waals surface area contributed by atoms with Crippen LogP contribution in [-0.2, 0) is 10.0 Å². The maximum absolute atomic E-state index is 11.7. The number of thiocarbonyl (C=S) groups is 1. The first-order valence-corrected chi connectivity index (χ1v) is 13.4. The number of anilines is 2. The fraction of sp³-hybridized carbons (Fsp3) is 0.273. The summed E-state index contributed by atoms with van der Waals surface area (Å²) >= 11 is 8.18. The van der Waals surface area contributed by atoms with Crippen LogP contribution in [0.15, 0.2) is 42.6 Å². The topological polar surface area (TPSA) is 90.1 Å². The van der Waals surface area contributed by atoms with Crippen LogP contribution in [0.4, 0.5) is 11.4 Å². The standard InChI is InChI=1S/C22H24IN5O2S2/c1-12-11-15(8-9-16(12)27-32(4,29)30)28-21(18-13(2)25-14(3)19(18)23)20(26-22(28)31)17-7-5-6-10-24-17/h5-11,20-21,25,27H,1-4H3,(H,26,31). The van der Waals surface area contributed by atoms with Crippen LogP contribution in [0.2, 0.25) is 0 Å². The minimum Gasteiger partial charge on any atom is -0.362 e. The number of aryl methyl sites for hydroxylation is 3. The zero-order chi connectivity index (χ0) is 23.2. The lowest BCUT2D eigenvalue weighted by molar-refractivity contribution is 0.564. The predicted octanol–water partition coefficient (Wildman–Crippen LogP) is 4.49. The Bertz CT molecular complexity index is 1290. The van der Waals surface area contributed by atoms with Crippen LogP contribution in [0.1, 0.15) is 40.3 Å². The van der Waals surface area contributed by atoms with Gasteiger partial charge in [-0.25, -0.2) is 8.42 Å². The Balaban J connectivity index is 1.84. The minimum atomic E-state index is -3.36. The summed E-state index contributed by atoms with van der Waals surface area (Å²) in [6, 6.07) is 11.2. The molecule has 7 nitrogen and oxygen atoms in total. The van der Waals surface area contributed by atoms with Crippen LogP contribution < -0.4 is 14.9 Å². The molecule has 2 aromatic heterocycles. The predicted molar refractivity (Wildman–Crippen MR) is 141 cm³/mol. The van der Waals surface area contributed by atoms with Gasteiger partial charge in [0.25, 0.3) is 0 Å². The first kappa shape index (κ1) is 23.0. The summed E-state index contributed by atoms with van der Waals surface area (Å²) < 4.78 is 27.1. The van der Waals surface area contributed by atoms with Crippen LogP contribution in [0.5, 0.6) is 0 Å². The van der Waals surface area contributed by atoms with Gasteiger partial charge < -0.3 is 15.2 Å². The Hall–Kier alpha value is -2.18. The number of H-pyrrole nitrogens is 1. The summed E-state index contributed by atoms with van der Waals surface area (Å²) in [5, 5.41) is 4.07. The number of sulfonamides is 1. The third kappa shape index (κ3) is 4.35. The molecule has 0 amide bonds. The van der Waals surface area contributed by atoms with Gasteiger partial charge in [-0.3, -0.25) is 9.71 Å². The second-order valence-corrected chi connectivity index (χ2v) is 11.2. The highest BCUT2D eigenvalue weighted by atomic mass is 127. The van der Waals surface area contributed by atoms with Crippen molar-refractivity contribution in [1.29, 1.82) is 0 Å². The third-order valence-corrected chi connectivity index (χ3v) is 7.82. The molecule has 168 valence electrons. The van der Waals surface area contributed by atoms with E-state index in [4.69, 9.17) is 12.2 Å². The molecule has 0 aliphatic carbocycles. The molecule has 2 atom stereocenters. The molecule has 1 fully saturated rings. The lowest BCUT2D eigenvalue weighted by atomic mass is 9.96. The van der Waals surface area contributed by atoms with Crippen molar-refractivity contribution in [3.8, 4) is 0 Å². The maximum Gasteiger partial charge on any atom is 0.229 e.